The maximum atomic E-state index is 14.4. The Balaban J connectivity index is 2.19. The van der Waals surface area contributed by atoms with E-state index in [0.29, 0.717) is 8.14 Å². The number of aliphatic hydroxyl groups is 1. The van der Waals surface area contributed by atoms with E-state index in [0.717, 1.165) is 19.3 Å². The molecule has 3 rings (SSSR count). The molecule has 0 aliphatic heterocycles. The van der Waals surface area contributed by atoms with E-state index in [1.807, 2.05) is 22.6 Å². The Labute approximate surface area is 189 Å². The van der Waals surface area contributed by atoms with Crippen molar-refractivity contribution in [3.05, 3.63) is 60.8 Å². The molecule has 0 spiro atoms. The zero-order valence-corrected chi connectivity index (χ0v) is 19.2. The number of aliphatic hydroxyl groups excluding tert-OH is 1. The number of benzene rings is 1. The average Bonchev–Trinajstić information content (AvgIpc) is 3.42. The molecular weight excluding hydrogens is 555 g/mol. The number of anilines is 1. The molecule has 1 saturated carbocycles. The van der Waals surface area contributed by atoms with E-state index >= 15 is 0 Å². The first kappa shape index (κ1) is 24.0. The fourth-order valence-electron chi connectivity index (χ4n) is 3.44. The maximum absolute atomic E-state index is 14.4. The van der Waals surface area contributed by atoms with Gasteiger partial charge in [0.05, 0.1) is 10.4 Å². The number of nitrogens with zero attached hydrogens (tertiary/aromatic N) is 1. The van der Waals surface area contributed by atoms with Crippen LogP contribution in [0.25, 0.3) is 0 Å². The van der Waals surface area contributed by atoms with Crippen molar-refractivity contribution in [1.29, 1.82) is 0 Å². The molecule has 1 aliphatic carbocycles. The van der Waals surface area contributed by atoms with Gasteiger partial charge in [0, 0.05) is 35.4 Å². The number of hydrogen-bond acceptors (Lipinski definition) is 4. The number of rotatable bonds is 7. The van der Waals surface area contributed by atoms with Crippen LogP contribution in [0.2, 0.25) is 0 Å². The molecule has 0 amide bonds. The summed E-state index contributed by atoms with van der Waals surface area (Å²) in [5, 5.41) is 9.18. The van der Waals surface area contributed by atoms with E-state index in [4.69, 9.17) is 0 Å². The molecule has 0 atom stereocenters. The van der Waals surface area contributed by atoms with E-state index in [9.17, 15) is 35.9 Å². The van der Waals surface area contributed by atoms with Gasteiger partial charge in [0.25, 0.3) is 5.56 Å². The Hall–Kier alpha value is -1.67. The molecule has 0 bridgehead atoms. The van der Waals surface area contributed by atoms with Crippen LogP contribution in [0.4, 0.5) is 23.2 Å². The van der Waals surface area contributed by atoms with E-state index in [1.54, 1.807) is 0 Å². The molecule has 1 aliphatic rings. The Morgan fingerprint density at radius 2 is 1.94 bits per heavy atom. The summed E-state index contributed by atoms with van der Waals surface area (Å²) >= 11 is 1.84. The van der Waals surface area contributed by atoms with Gasteiger partial charge in [-0.2, -0.15) is 13.2 Å². The van der Waals surface area contributed by atoms with Crippen LogP contribution in [-0.4, -0.2) is 29.4 Å². The predicted molar refractivity (Wildman–Crippen MR) is 115 cm³/mol. The van der Waals surface area contributed by atoms with Crippen LogP contribution in [0, 0.1) is 9.39 Å². The molecule has 2 N–H and O–H groups in total. The van der Waals surface area contributed by atoms with Gasteiger partial charge in [-0.3, -0.25) is 9.52 Å². The van der Waals surface area contributed by atoms with Crippen LogP contribution in [-0.2, 0) is 29.7 Å². The topological polar surface area (TPSA) is 88.4 Å². The number of pyridine rings is 1. The van der Waals surface area contributed by atoms with Gasteiger partial charge >= 0.3 is 6.18 Å². The Bertz CT molecular complexity index is 1170. The van der Waals surface area contributed by atoms with Crippen molar-refractivity contribution in [1.82, 2.24) is 4.57 Å². The van der Waals surface area contributed by atoms with Crippen LogP contribution >= 0.6 is 22.6 Å². The molecule has 0 unspecified atom stereocenters. The molecule has 0 saturated heterocycles. The van der Waals surface area contributed by atoms with Crippen molar-refractivity contribution >= 4 is 38.3 Å². The number of aromatic nitrogens is 1. The number of aryl methyl sites for hydroxylation is 1. The van der Waals surface area contributed by atoms with Crippen molar-refractivity contribution in [3.63, 3.8) is 0 Å². The Morgan fingerprint density at radius 3 is 2.45 bits per heavy atom. The quantitative estimate of drug-likeness (QED) is 0.392. The monoisotopic (exact) mass is 574 g/mol. The highest BCUT2D eigenvalue weighted by molar-refractivity contribution is 14.1. The largest absolute Gasteiger partial charge is 0.422 e. The molecular formula is C19H19F4IN2O4S. The number of sulfonamides is 1. The number of halogens is 5. The summed E-state index contributed by atoms with van der Waals surface area (Å²) in [4.78, 5) is 12.3. The van der Waals surface area contributed by atoms with E-state index in [-0.39, 0.29) is 24.8 Å². The molecule has 6 nitrogen and oxygen atoms in total. The molecule has 1 fully saturated rings. The van der Waals surface area contributed by atoms with E-state index in [2.05, 4.69) is 4.72 Å². The summed E-state index contributed by atoms with van der Waals surface area (Å²) in [6, 6.07) is 3.92. The zero-order valence-electron chi connectivity index (χ0n) is 16.3. The minimum absolute atomic E-state index is 0.0681. The van der Waals surface area contributed by atoms with Crippen molar-refractivity contribution in [2.75, 3.05) is 11.3 Å². The third kappa shape index (κ3) is 4.75. The van der Waals surface area contributed by atoms with Crippen LogP contribution < -0.4 is 10.3 Å². The third-order valence-corrected chi connectivity index (χ3v) is 8.25. The first-order valence-electron chi connectivity index (χ1n) is 9.18. The van der Waals surface area contributed by atoms with Gasteiger partial charge in [0.2, 0.25) is 10.0 Å². The van der Waals surface area contributed by atoms with Gasteiger partial charge < -0.3 is 9.67 Å². The normalized spacial score (nSPS) is 15.7. The van der Waals surface area contributed by atoms with Crippen LogP contribution in [0.5, 0.6) is 0 Å². The second kappa shape index (κ2) is 8.35. The predicted octanol–water partition coefficient (Wildman–Crippen LogP) is 3.40. The van der Waals surface area contributed by atoms with Crippen LogP contribution in [0.3, 0.4) is 0 Å². The van der Waals surface area contributed by atoms with Crippen molar-refractivity contribution in [2.24, 2.45) is 7.05 Å². The summed E-state index contributed by atoms with van der Waals surface area (Å²) in [7, 11) is -3.10. The lowest BCUT2D eigenvalue weighted by Gasteiger charge is -2.22. The molecule has 31 heavy (non-hydrogen) atoms. The smallest absolute Gasteiger partial charge is 0.396 e. The van der Waals surface area contributed by atoms with Crippen molar-refractivity contribution in [2.45, 2.75) is 36.6 Å². The van der Waals surface area contributed by atoms with Gasteiger partial charge in [-0.05, 0) is 59.5 Å². The van der Waals surface area contributed by atoms with Gasteiger partial charge in [-0.25, -0.2) is 12.8 Å². The highest BCUT2D eigenvalue weighted by Crippen LogP contribution is 2.47. The molecule has 2 aromatic rings. The first-order valence-corrected chi connectivity index (χ1v) is 11.7. The SMILES string of the molecule is Cn1cc(NS(=O)(=O)C2(CCO)CC2)c(Cc2ccc(I)cc2F)c(C(F)(F)F)c1=O. The summed E-state index contributed by atoms with van der Waals surface area (Å²) in [5.41, 5.74) is -4.14. The molecule has 170 valence electrons. The van der Waals surface area contributed by atoms with E-state index in [1.165, 1.54) is 12.1 Å². The minimum atomic E-state index is -5.09. The Kier molecular flexibility index (Phi) is 6.46. The van der Waals surface area contributed by atoms with Gasteiger partial charge in [-0.1, -0.05) is 6.07 Å². The molecule has 12 heteroatoms. The number of nitrogens with one attached hydrogen (secondary N) is 1. The minimum Gasteiger partial charge on any atom is -0.396 e. The van der Waals surface area contributed by atoms with Crippen molar-refractivity contribution in [3.8, 4) is 0 Å². The van der Waals surface area contributed by atoms with Crippen LogP contribution in [0.1, 0.15) is 36.0 Å². The second-order valence-electron chi connectivity index (χ2n) is 7.48. The highest BCUT2D eigenvalue weighted by Gasteiger charge is 2.54. The molecule has 1 aromatic heterocycles. The van der Waals surface area contributed by atoms with E-state index < -0.39 is 62.2 Å². The van der Waals surface area contributed by atoms with Crippen molar-refractivity contribution < 1.29 is 31.1 Å². The van der Waals surface area contributed by atoms with Gasteiger partial charge in [0.1, 0.15) is 11.4 Å². The maximum Gasteiger partial charge on any atom is 0.422 e. The lowest BCUT2D eigenvalue weighted by atomic mass is 9.99. The zero-order chi connectivity index (χ0) is 23.2. The fraction of sp³-hybridized carbons (Fsp3) is 0.421. The molecule has 0 radical (unpaired) electrons. The standard InChI is InChI=1S/C19H19F4IN2O4S/c1-26-10-15(25-31(29,30)18(4-5-18)6-7-27)13(16(17(26)28)19(21,22)23)8-11-2-3-12(24)9-14(11)20/h2-3,9-10,25,27H,4-8H2,1H3. The second-order valence-corrected chi connectivity index (χ2v) is 10.8. The average molecular weight is 574 g/mol. The summed E-state index contributed by atoms with van der Waals surface area (Å²) in [6.07, 6.45) is -4.33. The lowest BCUT2D eigenvalue weighted by molar-refractivity contribution is -0.139. The summed E-state index contributed by atoms with van der Waals surface area (Å²) in [6.45, 7) is -0.400. The van der Waals surface area contributed by atoms with Gasteiger partial charge in [0.15, 0.2) is 0 Å². The van der Waals surface area contributed by atoms with Gasteiger partial charge in [-0.15, -0.1) is 0 Å². The Morgan fingerprint density at radius 1 is 1.29 bits per heavy atom. The summed E-state index contributed by atoms with van der Waals surface area (Å²) in [5.74, 6) is -0.770. The lowest BCUT2D eigenvalue weighted by Crippen LogP contribution is -2.34. The van der Waals surface area contributed by atoms with Crippen LogP contribution in [0.15, 0.2) is 29.2 Å². The first-order chi connectivity index (χ1) is 14.3. The summed E-state index contributed by atoms with van der Waals surface area (Å²) < 4.78 is 83.7. The molecule has 1 aromatic carbocycles. The number of hydrogen-bond donors (Lipinski definition) is 2. The highest BCUT2D eigenvalue weighted by atomic mass is 127. The molecule has 1 heterocycles. The fourth-order valence-corrected chi connectivity index (χ4v) is 5.57. The third-order valence-electron chi connectivity index (χ3n) is 5.34. The number of alkyl halides is 3.